The second kappa shape index (κ2) is 4.55. The Kier molecular flexibility index (Phi) is 3.27. The molecule has 0 N–H and O–H groups in total. The van der Waals surface area contributed by atoms with E-state index in [-0.39, 0.29) is 24.5 Å². The second-order valence-electron chi connectivity index (χ2n) is 4.81. The van der Waals surface area contributed by atoms with Gasteiger partial charge in [0, 0.05) is 18.4 Å². The zero-order chi connectivity index (χ0) is 12.5. The lowest BCUT2D eigenvalue weighted by Gasteiger charge is -2.28. The molecule has 0 saturated heterocycles. The molecule has 2 rings (SSSR count). The summed E-state index contributed by atoms with van der Waals surface area (Å²) in [5.74, 6) is -2.22. The molecule has 3 heteroatoms. The summed E-state index contributed by atoms with van der Waals surface area (Å²) in [4.78, 5) is 11.1. The van der Waals surface area contributed by atoms with Gasteiger partial charge in [-0.15, -0.1) is 0 Å². The minimum atomic E-state index is -2.48. The lowest BCUT2D eigenvalue weighted by molar-refractivity contribution is -0.0382. The summed E-state index contributed by atoms with van der Waals surface area (Å²) < 4.78 is 26.0. The van der Waals surface area contributed by atoms with Gasteiger partial charge in [0.15, 0.2) is 5.78 Å². The molecule has 0 aromatic heterocycles. The first kappa shape index (κ1) is 12.2. The lowest BCUT2D eigenvalue weighted by Crippen LogP contribution is -2.23. The van der Waals surface area contributed by atoms with Crippen LogP contribution < -0.4 is 0 Å². The highest BCUT2D eigenvalue weighted by Gasteiger charge is 2.35. The van der Waals surface area contributed by atoms with Crippen LogP contribution in [0.5, 0.6) is 0 Å². The number of carbonyl (C=O) groups is 1. The van der Waals surface area contributed by atoms with Crippen LogP contribution in [0, 0.1) is 0 Å². The van der Waals surface area contributed by atoms with Gasteiger partial charge < -0.3 is 0 Å². The van der Waals surface area contributed by atoms with Crippen molar-refractivity contribution in [2.75, 3.05) is 0 Å². The van der Waals surface area contributed by atoms with Crippen LogP contribution in [0.15, 0.2) is 24.3 Å². The van der Waals surface area contributed by atoms with Crippen molar-refractivity contribution in [2.24, 2.45) is 0 Å². The molecule has 0 bridgehead atoms. The zero-order valence-corrected chi connectivity index (χ0v) is 9.88. The van der Waals surface area contributed by atoms with Crippen LogP contribution in [0.25, 0.3) is 0 Å². The van der Waals surface area contributed by atoms with Crippen LogP contribution >= 0.6 is 0 Å². The van der Waals surface area contributed by atoms with Gasteiger partial charge >= 0.3 is 0 Å². The molecule has 92 valence electrons. The Morgan fingerprint density at radius 3 is 2.18 bits per heavy atom. The van der Waals surface area contributed by atoms with E-state index in [0.717, 1.165) is 5.56 Å². The molecular weight excluding hydrogens is 222 g/mol. The molecule has 1 saturated carbocycles. The Balaban J connectivity index is 2.06. The number of benzene rings is 1. The molecule has 1 aliphatic rings. The van der Waals surface area contributed by atoms with Crippen LogP contribution in [-0.2, 0) is 0 Å². The molecule has 0 heterocycles. The van der Waals surface area contributed by atoms with E-state index in [0.29, 0.717) is 18.4 Å². The summed E-state index contributed by atoms with van der Waals surface area (Å²) in [6.07, 6.45) is 1.02. The topological polar surface area (TPSA) is 17.1 Å². The Morgan fingerprint density at radius 1 is 1.18 bits per heavy atom. The molecule has 0 atom stereocenters. The smallest absolute Gasteiger partial charge is 0.248 e. The average Bonchev–Trinajstić information content (AvgIpc) is 2.29. The molecule has 0 radical (unpaired) electrons. The predicted molar refractivity (Wildman–Crippen MR) is 62.6 cm³/mol. The van der Waals surface area contributed by atoms with Crippen molar-refractivity contribution in [2.45, 2.75) is 44.4 Å². The van der Waals surface area contributed by atoms with Gasteiger partial charge in [-0.1, -0.05) is 24.3 Å². The molecule has 1 aromatic carbocycles. The summed E-state index contributed by atoms with van der Waals surface area (Å²) in [7, 11) is 0. The van der Waals surface area contributed by atoms with E-state index in [1.807, 2.05) is 12.1 Å². The van der Waals surface area contributed by atoms with Gasteiger partial charge in [-0.25, -0.2) is 8.78 Å². The summed E-state index contributed by atoms with van der Waals surface area (Å²) in [6, 6.07) is 7.35. The van der Waals surface area contributed by atoms with Crippen molar-refractivity contribution in [1.82, 2.24) is 0 Å². The Labute approximate surface area is 99.8 Å². The first-order chi connectivity index (χ1) is 7.98. The number of alkyl halides is 2. The minimum Gasteiger partial charge on any atom is -0.295 e. The van der Waals surface area contributed by atoms with Crippen molar-refractivity contribution in [3.8, 4) is 0 Å². The standard InChI is InChI=1S/C14H16F2O/c1-10(17)11-2-4-12(5-3-11)13-6-8-14(15,16)9-7-13/h2-5,13H,6-9H2,1H3. The molecule has 0 spiro atoms. The van der Waals surface area contributed by atoms with Crippen molar-refractivity contribution in [3.63, 3.8) is 0 Å². The molecule has 1 nitrogen and oxygen atoms in total. The summed E-state index contributed by atoms with van der Waals surface area (Å²) in [5, 5.41) is 0. The van der Waals surface area contributed by atoms with E-state index in [4.69, 9.17) is 0 Å². The third kappa shape index (κ3) is 2.90. The summed E-state index contributed by atoms with van der Waals surface area (Å²) >= 11 is 0. The van der Waals surface area contributed by atoms with Gasteiger partial charge in [0.2, 0.25) is 5.92 Å². The van der Waals surface area contributed by atoms with Gasteiger partial charge in [-0.05, 0) is 31.2 Å². The normalized spacial score (nSPS) is 20.2. The zero-order valence-electron chi connectivity index (χ0n) is 9.88. The van der Waals surface area contributed by atoms with Gasteiger partial charge in [0.25, 0.3) is 0 Å². The molecule has 0 amide bonds. The highest BCUT2D eigenvalue weighted by Crippen LogP contribution is 2.40. The monoisotopic (exact) mass is 238 g/mol. The fourth-order valence-corrected chi connectivity index (χ4v) is 2.36. The Morgan fingerprint density at radius 2 is 1.71 bits per heavy atom. The van der Waals surface area contributed by atoms with E-state index in [1.54, 1.807) is 12.1 Å². The van der Waals surface area contributed by atoms with Crippen LogP contribution in [0.4, 0.5) is 8.78 Å². The third-order valence-corrected chi connectivity index (χ3v) is 3.51. The first-order valence-corrected chi connectivity index (χ1v) is 5.97. The van der Waals surface area contributed by atoms with Gasteiger partial charge in [0.05, 0.1) is 0 Å². The van der Waals surface area contributed by atoms with Crippen molar-refractivity contribution < 1.29 is 13.6 Å². The van der Waals surface area contributed by atoms with Crippen LogP contribution in [0.2, 0.25) is 0 Å². The largest absolute Gasteiger partial charge is 0.295 e. The fraction of sp³-hybridized carbons (Fsp3) is 0.500. The number of carbonyl (C=O) groups excluding carboxylic acids is 1. The van der Waals surface area contributed by atoms with Gasteiger partial charge in [-0.3, -0.25) is 4.79 Å². The Bertz CT molecular complexity index is 399. The SMILES string of the molecule is CC(=O)c1ccc(C2CCC(F)(F)CC2)cc1. The third-order valence-electron chi connectivity index (χ3n) is 3.51. The second-order valence-corrected chi connectivity index (χ2v) is 4.81. The van der Waals surface area contributed by atoms with Crippen LogP contribution in [0.1, 0.15) is 54.4 Å². The molecule has 1 aliphatic carbocycles. The van der Waals surface area contributed by atoms with E-state index >= 15 is 0 Å². The first-order valence-electron chi connectivity index (χ1n) is 5.97. The van der Waals surface area contributed by atoms with Crippen LogP contribution in [0.3, 0.4) is 0 Å². The number of Topliss-reactive ketones (excluding diaryl/α,β-unsaturated/α-hetero) is 1. The average molecular weight is 238 g/mol. The van der Waals surface area contributed by atoms with E-state index in [2.05, 4.69) is 0 Å². The van der Waals surface area contributed by atoms with E-state index in [1.165, 1.54) is 6.92 Å². The van der Waals surface area contributed by atoms with Crippen molar-refractivity contribution >= 4 is 5.78 Å². The van der Waals surface area contributed by atoms with Gasteiger partial charge in [0.1, 0.15) is 0 Å². The van der Waals surface area contributed by atoms with Crippen LogP contribution in [-0.4, -0.2) is 11.7 Å². The van der Waals surface area contributed by atoms with E-state index < -0.39 is 5.92 Å². The lowest BCUT2D eigenvalue weighted by atomic mass is 9.82. The number of hydrogen-bond donors (Lipinski definition) is 0. The molecular formula is C14H16F2O. The fourth-order valence-electron chi connectivity index (χ4n) is 2.36. The van der Waals surface area contributed by atoms with Crippen molar-refractivity contribution in [1.29, 1.82) is 0 Å². The predicted octanol–water partition coefficient (Wildman–Crippen LogP) is 4.18. The maximum absolute atomic E-state index is 13.0. The summed E-state index contributed by atoms with van der Waals surface area (Å²) in [6.45, 7) is 1.52. The minimum absolute atomic E-state index is 0.0217. The molecule has 0 aliphatic heterocycles. The maximum atomic E-state index is 13.0. The van der Waals surface area contributed by atoms with E-state index in [9.17, 15) is 13.6 Å². The Hall–Kier alpha value is -1.25. The number of ketones is 1. The number of halogens is 2. The highest BCUT2D eigenvalue weighted by atomic mass is 19.3. The maximum Gasteiger partial charge on any atom is 0.248 e. The quantitative estimate of drug-likeness (QED) is 0.706. The number of rotatable bonds is 2. The number of hydrogen-bond acceptors (Lipinski definition) is 1. The molecule has 1 fully saturated rings. The van der Waals surface area contributed by atoms with Crippen molar-refractivity contribution in [3.05, 3.63) is 35.4 Å². The van der Waals surface area contributed by atoms with Gasteiger partial charge in [-0.2, -0.15) is 0 Å². The summed E-state index contributed by atoms with van der Waals surface area (Å²) in [5.41, 5.74) is 1.75. The molecule has 0 unspecified atom stereocenters. The molecule has 17 heavy (non-hydrogen) atoms. The highest BCUT2D eigenvalue weighted by molar-refractivity contribution is 5.94. The molecule has 1 aromatic rings.